The number of carboxylic acid groups (broad SMARTS) is 1. The normalized spacial score (nSPS) is 20.8. The monoisotopic (exact) mass is 422 g/mol. The summed E-state index contributed by atoms with van der Waals surface area (Å²) in [5, 5.41) is 18.7. The molecule has 0 aliphatic carbocycles. The van der Waals surface area contributed by atoms with Crippen molar-refractivity contribution in [3.8, 4) is 0 Å². The van der Waals surface area contributed by atoms with E-state index in [-0.39, 0.29) is 6.10 Å². The van der Waals surface area contributed by atoms with E-state index in [1.165, 1.54) is 0 Å². The van der Waals surface area contributed by atoms with E-state index in [0.29, 0.717) is 25.7 Å². The highest BCUT2D eigenvalue weighted by molar-refractivity contribution is 6.02. The molecule has 1 saturated heterocycles. The van der Waals surface area contributed by atoms with E-state index in [4.69, 9.17) is 4.84 Å². The molecule has 31 heavy (non-hydrogen) atoms. The number of piperidine rings is 1. The number of hydrogen-bond donors (Lipinski definition) is 1. The van der Waals surface area contributed by atoms with E-state index in [2.05, 4.69) is 34.7 Å². The average molecular weight is 423 g/mol. The number of carbonyl (C=O) groups is 1. The van der Waals surface area contributed by atoms with Gasteiger partial charge in [0.2, 0.25) is 0 Å². The van der Waals surface area contributed by atoms with Crippen molar-refractivity contribution >= 4 is 17.9 Å². The number of nitrogens with zero attached hydrogens (tertiary/aromatic N) is 4. The van der Waals surface area contributed by atoms with Crippen LogP contribution in [0.25, 0.3) is 6.20 Å². The van der Waals surface area contributed by atoms with Gasteiger partial charge in [0.05, 0.1) is 17.3 Å². The van der Waals surface area contributed by atoms with Crippen molar-refractivity contribution in [3.63, 3.8) is 0 Å². The number of rotatable bonds is 7. The number of benzene rings is 1. The summed E-state index contributed by atoms with van der Waals surface area (Å²) in [7, 11) is 0. The number of likely N-dealkylation sites (tertiary alicyclic amines) is 1. The zero-order valence-electron chi connectivity index (χ0n) is 18.3. The third-order valence-electron chi connectivity index (χ3n) is 6.79. The van der Waals surface area contributed by atoms with Gasteiger partial charge in [-0.05, 0) is 45.3 Å². The van der Waals surface area contributed by atoms with Gasteiger partial charge in [-0.3, -0.25) is 9.69 Å². The van der Waals surface area contributed by atoms with Crippen LogP contribution in [0.15, 0.2) is 42.2 Å². The Bertz CT molecular complexity index is 1000. The second-order valence-electron chi connectivity index (χ2n) is 8.73. The van der Waals surface area contributed by atoms with Gasteiger partial charge in [0.25, 0.3) is 0 Å². The van der Waals surface area contributed by atoms with Gasteiger partial charge in [-0.25, -0.2) is 4.68 Å². The molecule has 1 fully saturated rings. The molecule has 2 aromatic rings. The lowest BCUT2D eigenvalue weighted by molar-refractivity contribution is -0.155. The molecular weight excluding hydrogens is 392 g/mol. The van der Waals surface area contributed by atoms with E-state index in [0.717, 1.165) is 47.7 Å². The fourth-order valence-corrected chi connectivity index (χ4v) is 4.71. The highest BCUT2D eigenvalue weighted by atomic mass is 16.6. The standard InChI is InChI=1S/C24H30N4O3/c1-4-28-18(3)19(15-25-28)16-27-11-9-24(10-12-27,23(29)30)14-20-13-22(26-31-20)21-8-6-5-7-17(21)2/h4-8,15,20H,1,9-14,16H2,2-3H3,(H,29,30). The van der Waals surface area contributed by atoms with Crippen LogP contribution in [0.4, 0.5) is 0 Å². The predicted octanol–water partition coefficient (Wildman–Crippen LogP) is 3.85. The molecule has 0 saturated carbocycles. The lowest BCUT2D eigenvalue weighted by Crippen LogP contribution is -2.45. The molecule has 1 aromatic heterocycles. The second kappa shape index (κ2) is 8.67. The summed E-state index contributed by atoms with van der Waals surface area (Å²) in [6.45, 7) is 10.1. The van der Waals surface area contributed by atoms with E-state index < -0.39 is 11.4 Å². The quantitative estimate of drug-likeness (QED) is 0.733. The predicted molar refractivity (Wildman–Crippen MR) is 120 cm³/mol. The van der Waals surface area contributed by atoms with Crippen molar-refractivity contribution in [1.82, 2.24) is 14.7 Å². The minimum absolute atomic E-state index is 0.190. The van der Waals surface area contributed by atoms with Crippen molar-refractivity contribution in [2.45, 2.75) is 52.2 Å². The van der Waals surface area contributed by atoms with Crippen molar-refractivity contribution in [2.24, 2.45) is 10.6 Å². The molecule has 0 spiro atoms. The van der Waals surface area contributed by atoms with Crippen LogP contribution >= 0.6 is 0 Å². The first-order valence-corrected chi connectivity index (χ1v) is 10.8. The first kappa shape index (κ1) is 21.3. The van der Waals surface area contributed by atoms with Crippen LogP contribution in [0.2, 0.25) is 0 Å². The second-order valence-corrected chi connectivity index (χ2v) is 8.73. The molecule has 1 unspecified atom stereocenters. The molecule has 1 N–H and O–H groups in total. The average Bonchev–Trinajstić information content (AvgIpc) is 3.36. The Hall–Kier alpha value is -2.93. The minimum atomic E-state index is -0.766. The summed E-state index contributed by atoms with van der Waals surface area (Å²) in [4.78, 5) is 20.3. The number of aryl methyl sites for hydroxylation is 1. The molecule has 1 atom stereocenters. The molecule has 4 rings (SSSR count). The Morgan fingerprint density at radius 2 is 2.06 bits per heavy atom. The van der Waals surface area contributed by atoms with Crippen molar-refractivity contribution in [1.29, 1.82) is 0 Å². The molecule has 2 aliphatic rings. The van der Waals surface area contributed by atoms with E-state index in [1.54, 1.807) is 10.9 Å². The molecule has 2 aliphatic heterocycles. The van der Waals surface area contributed by atoms with Gasteiger partial charge in [-0.15, -0.1) is 0 Å². The molecule has 0 amide bonds. The molecule has 0 radical (unpaired) electrons. The maximum atomic E-state index is 12.3. The van der Waals surface area contributed by atoms with Crippen LogP contribution in [0.5, 0.6) is 0 Å². The van der Waals surface area contributed by atoms with Crippen LogP contribution in [0, 0.1) is 19.3 Å². The summed E-state index contributed by atoms with van der Waals surface area (Å²) >= 11 is 0. The highest BCUT2D eigenvalue weighted by Gasteiger charge is 2.45. The Kier molecular flexibility index (Phi) is 5.96. The molecule has 164 valence electrons. The highest BCUT2D eigenvalue weighted by Crippen LogP contribution is 2.39. The summed E-state index contributed by atoms with van der Waals surface area (Å²) in [5.74, 6) is -0.726. The van der Waals surface area contributed by atoms with E-state index >= 15 is 0 Å². The SMILES string of the molecule is C=Cn1ncc(CN2CCC(CC3CC(c4ccccc4C)=NO3)(C(=O)O)CC2)c1C. The van der Waals surface area contributed by atoms with E-state index in [9.17, 15) is 9.90 Å². The van der Waals surface area contributed by atoms with Crippen LogP contribution in [-0.2, 0) is 16.2 Å². The Morgan fingerprint density at radius 1 is 1.32 bits per heavy atom. The number of oxime groups is 1. The molecule has 0 bridgehead atoms. The number of hydrogen-bond acceptors (Lipinski definition) is 5. The Labute approximate surface area is 183 Å². The lowest BCUT2D eigenvalue weighted by Gasteiger charge is -2.39. The van der Waals surface area contributed by atoms with Gasteiger partial charge in [-0.2, -0.15) is 5.10 Å². The zero-order chi connectivity index (χ0) is 22.0. The van der Waals surface area contributed by atoms with Gasteiger partial charge >= 0.3 is 5.97 Å². The van der Waals surface area contributed by atoms with Crippen LogP contribution in [0.1, 0.15) is 48.1 Å². The lowest BCUT2D eigenvalue weighted by atomic mass is 9.73. The summed E-state index contributed by atoms with van der Waals surface area (Å²) in [6, 6.07) is 8.10. The summed E-state index contributed by atoms with van der Waals surface area (Å²) in [6.07, 6.45) is 5.73. The van der Waals surface area contributed by atoms with Crippen LogP contribution < -0.4 is 0 Å². The maximum Gasteiger partial charge on any atom is 0.309 e. The smallest absolute Gasteiger partial charge is 0.309 e. The van der Waals surface area contributed by atoms with Crippen molar-refractivity contribution in [2.75, 3.05) is 13.1 Å². The van der Waals surface area contributed by atoms with E-state index in [1.807, 2.05) is 31.3 Å². The first-order valence-electron chi connectivity index (χ1n) is 10.8. The third-order valence-corrected chi connectivity index (χ3v) is 6.79. The minimum Gasteiger partial charge on any atom is -0.481 e. The molecule has 7 nitrogen and oxygen atoms in total. The molecule has 7 heteroatoms. The number of aliphatic carboxylic acids is 1. The van der Waals surface area contributed by atoms with Crippen molar-refractivity contribution in [3.05, 3.63) is 59.4 Å². The third kappa shape index (κ3) is 4.28. The van der Waals surface area contributed by atoms with Gasteiger partial charge in [0.15, 0.2) is 0 Å². The largest absolute Gasteiger partial charge is 0.481 e. The Morgan fingerprint density at radius 3 is 2.71 bits per heavy atom. The zero-order valence-corrected chi connectivity index (χ0v) is 18.3. The van der Waals surface area contributed by atoms with Crippen molar-refractivity contribution < 1.29 is 14.7 Å². The fourth-order valence-electron chi connectivity index (χ4n) is 4.71. The summed E-state index contributed by atoms with van der Waals surface area (Å²) < 4.78 is 1.77. The number of aromatic nitrogens is 2. The molecular formula is C24H30N4O3. The van der Waals surface area contributed by atoms with Gasteiger partial charge in [-0.1, -0.05) is 36.0 Å². The summed E-state index contributed by atoms with van der Waals surface area (Å²) in [5.41, 5.74) is 4.61. The van der Waals surface area contributed by atoms with Gasteiger partial charge < -0.3 is 9.94 Å². The topological polar surface area (TPSA) is 80.0 Å². The van der Waals surface area contributed by atoms with Gasteiger partial charge in [0.1, 0.15) is 6.10 Å². The molecule has 3 heterocycles. The van der Waals surface area contributed by atoms with Crippen LogP contribution in [-0.4, -0.2) is 50.7 Å². The van der Waals surface area contributed by atoms with Gasteiger partial charge in [0, 0.05) is 42.4 Å². The maximum absolute atomic E-state index is 12.3. The fraction of sp³-hybridized carbons (Fsp3) is 0.458. The molecule has 1 aromatic carbocycles. The number of carboxylic acids is 1. The van der Waals surface area contributed by atoms with Crippen LogP contribution in [0.3, 0.4) is 0 Å². The first-order chi connectivity index (χ1) is 14.9. The Balaban J connectivity index is 1.37.